The van der Waals surface area contributed by atoms with E-state index in [1.165, 1.54) is 18.4 Å². The summed E-state index contributed by atoms with van der Waals surface area (Å²) in [6.07, 6.45) is 5.69. The number of sulfonamides is 1. The lowest BCUT2D eigenvalue weighted by Crippen LogP contribution is -2.30. The maximum absolute atomic E-state index is 11.9. The fraction of sp³-hybridized carbons (Fsp3) is 0.125. The van der Waals surface area contributed by atoms with E-state index in [0.717, 1.165) is 11.6 Å². The Labute approximate surface area is 149 Å². The van der Waals surface area contributed by atoms with Crippen LogP contribution in [0.5, 0.6) is 5.75 Å². The Morgan fingerprint density at radius 2 is 2.20 bits per heavy atom. The molecule has 1 aliphatic rings. The van der Waals surface area contributed by atoms with E-state index in [9.17, 15) is 13.2 Å². The third-order valence-electron chi connectivity index (χ3n) is 3.24. The Morgan fingerprint density at radius 1 is 1.36 bits per heavy atom. The highest BCUT2D eigenvalue weighted by atomic mass is 35.5. The number of hydrogen-bond acceptors (Lipinski definition) is 6. The normalized spacial score (nSPS) is 13.9. The number of fused-ring (bicyclic) bond motifs is 1. The minimum atomic E-state index is -3.85. The van der Waals surface area contributed by atoms with E-state index < -0.39 is 21.7 Å². The van der Waals surface area contributed by atoms with Crippen molar-refractivity contribution in [1.29, 1.82) is 0 Å². The lowest BCUT2D eigenvalue weighted by atomic mass is 10.1. The van der Waals surface area contributed by atoms with Crippen molar-refractivity contribution in [3.63, 3.8) is 0 Å². The SMILES string of the molecule is O=C(/C=C/C1=Cc2cc(Cl)ccc2OC1)NS(=O)(=O)Cc1ccon1. The summed E-state index contributed by atoms with van der Waals surface area (Å²) in [6.45, 7) is 0.268. The highest BCUT2D eigenvalue weighted by Gasteiger charge is 2.16. The van der Waals surface area contributed by atoms with Crippen LogP contribution in [0.2, 0.25) is 5.02 Å². The Kier molecular flexibility index (Phi) is 4.91. The summed E-state index contributed by atoms with van der Waals surface area (Å²) in [5.74, 6) is -0.511. The number of aromatic nitrogens is 1. The van der Waals surface area contributed by atoms with Crippen LogP contribution < -0.4 is 9.46 Å². The number of nitrogens with one attached hydrogen (secondary N) is 1. The number of carbonyl (C=O) groups is 1. The van der Waals surface area contributed by atoms with Gasteiger partial charge in [0.1, 0.15) is 30.1 Å². The number of hydrogen-bond donors (Lipinski definition) is 1. The van der Waals surface area contributed by atoms with Crippen molar-refractivity contribution in [2.24, 2.45) is 0 Å². The van der Waals surface area contributed by atoms with E-state index >= 15 is 0 Å². The molecule has 1 aliphatic heterocycles. The first-order chi connectivity index (χ1) is 11.9. The van der Waals surface area contributed by atoms with Crippen LogP contribution in [0.15, 0.2) is 52.8 Å². The zero-order chi connectivity index (χ0) is 17.9. The molecule has 0 fully saturated rings. The number of amides is 1. The van der Waals surface area contributed by atoms with E-state index in [2.05, 4.69) is 9.68 Å². The fourth-order valence-electron chi connectivity index (χ4n) is 2.18. The van der Waals surface area contributed by atoms with Crippen molar-refractivity contribution >= 4 is 33.6 Å². The van der Waals surface area contributed by atoms with Crippen molar-refractivity contribution in [2.75, 3.05) is 6.61 Å². The van der Waals surface area contributed by atoms with Gasteiger partial charge in [-0.25, -0.2) is 13.1 Å². The van der Waals surface area contributed by atoms with Crippen LogP contribution in [-0.4, -0.2) is 26.1 Å². The third kappa shape index (κ3) is 4.71. The Bertz CT molecular complexity index is 949. The van der Waals surface area contributed by atoms with Gasteiger partial charge in [0.15, 0.2) is 0 Å². The molecule has 0 saturated heterocycles. The molecule has 3 rings (SSSR count). The molecule has 1 amide bonds. The summed E-state index contributed by atoms with van der Waals surface area (Å²) < 4.78 is 35.8. The summed E-state index contributed by atoms with van der Waals surface area (Å²) in [7, 11) is -3.85. The molecule has 9 heteroatoms. The van der Waals surface area contributed by atoms with E-state index in [1.807, 2.05) is 10.8 Å². The summed E-state index contributed by atoms with van der Waals surface area (Å²) in [5, 5.41) is 4.07. The van der Waals surface area contributed by atoms with Gasteiger partial charge < -0.3 is 9.26 Å². The molecule has 1 aromatic carbocycles. The number of ether oxygens (including phenoxy) is 1. The number of nitrogens with zero attached hydrogens (tertiary/aromatic N) is 1. The van der Waals surface area contributed by atoms with Crippen LogP contribution in [0.1, 0.15) is 11.3 Å². The molecule has 1 N–H and O–H groups in total. The summed E-state index contributed by atoms with van der Waals surface area (Å²) in [5.41, 5.74) is 1.71. The minimum absolute atomic E-state index is 0.209. The molecule has 25 heavy (non-hydrogen) atoms. The van der Waals surface area contributed by atoms with Crippen LogP contribution in [0.4, 0.5) is 0 Å². The Morgan fingerprint density at radius 3 is 2.96 bits per heavy atom. The summed E-state index contributed by atoms with van der Waals surface area (Å²) in [6, 6.07) is 6.64. The molecular weight excluding hydrogens is 368 g/mol. The quantitative estimate of drug-likeness (QED) is 0.799. The maximum atomic E-state index is 11.9. The Balaban J connectivity index is 1.65. The highest BCUT2D eigenvalue weighted by molar-refractivity contribution is 7.89. The monoisotopic (exact) mass is 380 g/mol. The van der Waals surface area contributed by atoms with E-state index in [-0.39, 0.29) is 12.3 Å². The number of carbonyl (C=O) groups excluding carboxylic acids is 1. The van der Waals surface area contributed by atoms with Gasteiger partial charge in [-0.1, -0.05) is 22.8 Å². The molecule has 0 radical (unpaired) electrons. The van der Waals surface area contributed by atoms with Gasteiger partial charge in [-0.3, -0.25) is 4.79 Å². The summed E-state index contributed by atoms with van der Waals surface area (Å²) in [4.78, 5) is 11.8. The minimum Gasteiger partial charge on any atom is -0.488 e. The molecule has 0 bridgehead atoms. The van der Waals surface area contributed by atoms with Gasteiger partial charge in [-0.05, 0) is 29.8 Å². The van der Waals surface area contributed by atoms with Crippen LogP contribution in [0.3, 0.4) is 0 Å². The number of benzene rings is 1. The molecule has 0 atom stereocenters. The first kappa shape index (κ1) is 17.2. The topological polar surface area (TPSA) is 98.5 Å². The van der Waals surface area contributed by atoms with Crippen molar-refractivity contribution in [3.05, 3.63) is 64.5 Å². The average molecular weight is 381 g/mol. The van der Waals surface area contributed by atoms with Gasteiger partial charge in [0, 0.05) is 22.7 Å². The lowest BCUT2D eigenvalue weighted by Gasteiger charge is -2.16. The van der Waals surface area contributed by atoms with Gasteiger partial charge in [-0.2, -0.15) is 0 Å². The second-order valence-corrected chi connectivity index (χ2v) is 7.40. The summed E-state index contributed by atoms with van der Waals surface area (Å²) >= 11 is 5.94. The number of rotatable bonds is 5. The molecule has 1 aromatic heterocycles. The van der Waals surface area contributed by atoms with Gasteiger partial charge in [0.05, 0.1) is 0 Å². The van der Waals surface area contributed by atoms with Gasteiger partial charge >= 0.3 is 0 Å². The molecule has 7 nitrogen and oxygen atoms in total. The van der Waals surface area contributed by atoms with Gasteiger partial charge in [0.2, 0.25) is 10.0 Å². The van der Waals surface area contributed by atoms with Crippen LogP contribution in [-0.2, 0) is 20.6 Å². The molecular formula is C16H13ClN2O5S. The van der Waals surface area contributed by atoms with Crippen LogP contribution in [0, 0.1) is 0 Å². The largest absolute Gasteiger partial charge is 0.488 e. The number of halogens is 1. The third-order valence-corrected chi connectivity index (χ3v) is 4.66. The average Bonchev–Trinajstić information content (AvgIpc) is 3.04. The fourth-order valence-corrected chi connectivity index (χ4v) is 3.34. The highest BCUT2D eigenvalue weighted by Crippen LogP contribution is 2.29. The molecule has 0 unspecified atom stereocenters. The predicted molar refractivity (Wildman–Crippen MR) is 91.3 cm³/mol. The standard InChI is InChI=1S/C16H13ClN2O5S/c17-13-2-3-15-12(8-13)7-11(9-23-15)1-4-16(20)19-25(21,22)10-14-5-6-24-18-14/h1-8H,9-10H2,(H,19,20)/b4-1+. The lowest BCUT2D eigenvalue weighted by molar-refractivity contribution is -0.114. The second-order valence-electron chi connectivity index (χ2n) is 5.24. The Hall–Kier alpha value is -2.58. The van der Waals surface area contributed by atoms with Crippen LogP contribution >= 0.6 is 11.6 Å². The smallest absolute Gasteiger partial charge is 0.257 e. The molecule has 0 spiro atoms. The maximum Gasteiger partial charge on any atom is 0.257 e. The predicted octanol–water partition coefficient (Wildman–Crippen LogP) is 2.31. The zero-order valence-electron chi connectivity index (χ0n) is 12.8. The van der Waals surface area contributed by atoms with Crippen LogP contribution in [0.25, 0.3) is 6.08 Å². The molecule has 2 heterocycles. The first-order valence-corrected chi connectivity index (χ1v) is 9.19. The van der Waals surface area contributed by atoms with Gasteiger partial charge in [0.25, 0.3) is 5.91 Å². The zero-order valence-corrected chi connectivity index (χ0v) is 14.4. The molecule has 130 valence electrons. The van der Waals surface area contributed by atoms with E-state index in [1.54, 1.807) is 18.2 Å². The molecule has 0 saturated carbocycles. The van der Waals surface area contributed by atoms with Crippen molar-refractivity contribution in [2.45, 2.75) is 5.75 Å². The second kappa shape index (κ2) is 7.12. The van der Waals surface area contributed by atoms with E-state index in [0.29, 0.717) is 16.3 Å². The van der Waals surface area contributed by atoms with Crippen molar-refractivity contribution < 1.29 is 22.5 Å². The first-order valence-electron chi connectivity index (χ1n) is 7.16. The van der Waals surface area contributed by atoms with Gasteiger partial charge in [-0.15, -0.1) is 0 Å². The molecule has 0 aliphatic carbocycles. The van der Waals surface area contributed by atoms with Crippen molar-refractivity contribution in [1.82, 2.24) is 9.88 Å². The van der Waals surface area contributed by atoms with Crippen molar-refractivity contribution in [3.8, 4) is 5.75 Å². The molecule has 2 aromatic rings. The van der Waals surface area contributed by atoms with E-state index in [4.69, 9.17) is 16.3 Å².